The number of hydrogen-bond acceptors (Lipinski definition) is 3. The van der Waals surface area contributed by atoms with E-state index in [1.54, 1.807) is 0 Å². The lowest BCUT2D eigenvalue weighted by Gasteiger charge is -2.13. The average molecular weight is 257 g/mol. The van der Waals surface area contributed by atoms with Gasteiger partial charge in [0.25, 0.3) is 10.1 Å². The maximum absolute atomic E-state index is 10.4. The van der Waals surface area contributed by atoms with Gasteiger partial charge in [-0.2, -0.15) is 8.42 Å². The lowest BCUT2D eigenvalue weighted by molar-refractivity contribution is -0.826. The average Bonchev–Trinajstić information content (AvgIpc) is 2.44. The number of rotatable bonds is 5. The van der Waals surface area contributed by atoms with E-state index in [9.17, 15) is 8.42 Å². The lowest BCUT2D eigenvalue weighted by atomic mass is 10.3. The van der Waals surface area contributed by atoms with E-state index in [2.05, 4.69) is 18.1 Å². The van der Waals surface area contributed by atoms with E-state index in [-0.39, 0.29) is 18.2 Å². The van der Waals surface area contributed by atoms with Crippen molar-refractivity contribution in [1.82, 2.24) is 4.90 Å². The van der Waals surface area contributed by atoms with Gasteiger partial charge in [-0.3, -0.25) is 9.45 Å². The zero-order chi connectivity index (χ0) is 10.6. The highest BCUT2D eigenvalue weighted by molar-refractivity contribution is 7.85. The molecule has 1 unspecified atom stereocenters. The van der Waals surface area contributed by atoms with Crippen LogP contribution in [0.2, 0.25) is 0 Å². The van der Waals surface area contributed by atoms with Crippen molar-refractivity contribution in [3.8, 4) is 0 Å². The van der Waals surface area contributed by atoms with Gasteiger partial charge in [-0.05, 0) is 12.8 Å². The van der Waals surface area contributed by atoms with E-state index in [1.807, 2.05) is 6.20 Å². The molecule has 1 atom stereocenters. The molecule has 5 nitrogen and oxygen atoms in total. The van der Waals surface area contributed by atoms with Gasteiger partial charge >= 0.3 is 0 Å². The van der Waals surface area contributed by atoms with E-state index in [0.717, 1.165) is 19.6 Å². The van der Waals surface area contributed by atoms with E-state index in [0.29, 0.717) is 6.42 Å². The van der Waals surface area contributed by atoms with Crippen molar-refractivity contribution >= 4 is 10.1 Å². The first kappa shape index (κ1) is 14.7. The molecule has 0 radical (unpaired) electrons. The predicted molar refractivity (Wildman–Crippen MR) is 53.2 cm³/mol. The van der Waals surface area contributed by atoms with E-state index < -0.39 is 10.1 Å². The fourth-order valence-corrected chi connectivity index (χ4v) is 1.98. The third kappa shape index (κ3) is 6.72. The molecular formula is C8H17ClN2O3S. The zero-order valence-electron chi connectivity index (χ0n) is 8.69. The number of unbranched alkanes of at least 4 members (excludes halogenated alkanes) is 1. The van der Waals surface area contributed by atoms with Crippen LogP contribution in [0.1, 0.15) is 12.8 Å². The smallest absolute Gasteiger partial charge is 0.264 e. The van der Waals surface area contributed by atoms with E-state index in [1.165, 1.54) is 4.90 Å². The summed E-state index contributed by atoms with van der Waals surface area (Å²) in [5.41, 5.74) is 0. The Balaban J connectivity index is 0.00000196. The molecule has 0 bridgehead atoms. The van der Waals surface area contributed by atoms with Gasteiger partial charge in [0.1, 0.15) is 6.20 Å². The molecule has 1 aliphatic heterocycles. The summed E-state index contributed by atoms with van der Waals surface area (Å²) in [6.45, 7) is 1.79. The van der Waals surface area contributed by atoms with Crippen molar-refractivity contribution in [3.05, 3.63) is 12.4 Å². The van der Waals surface area contributed by atoms with Crippen LogP contribution in [0.3, 0.4) is 0 Å². The molecule has 0 aromatic heterocycles. The first-order valence-corrected chi connectivity index (χ1v) is 6.28. The highest BCUT2D eigenvalue weighted by atomic mass is 35.5. The normalized spacial score (nSPS) is 20.4. The molecular weight excluding hydrogens is 240 g/mol. The van der Waals surface area contributed by atoms with Crippen LogP contribution in [0.5, 0.6) is 0 Å². The van der Waals surface area contributed by atoms with Crippen LogP contribution < -0.4 is 17.3 Å². The van der Waals surface area contributed by atoms with Crippen LogP contribution >= 0.6 is 0 Å². The first-order valence-electron chi connectivity index (χ1n) is 4.67. The summed E-state index contributed by atoms with van der Waals surface area (Å²) in [6, 6.07) is 0. The monoisotopic (exact) mass is 256 g/mol. The molecule has 0 fully saturated rings. The summed E-state index contributed by atoms with van der Waals surface area (Å²) < 4.78 is 29.3. The lowest BCUT2D eigenvalue weighted by Crippen LogP contribution is -3.03. The Morgan fingerprint density at radius 2 is 2.13 bits per heavy atom. The second kappa shape index (κ2) is 6.32. The summed E-state index contributed by atoms with van der Waals surface area (Å²) in [5.74, 6) is -0.132. The molecule has 0 aromatic carbocycles. The maximum atomic E-state index is 10.4. The Bertz CT molecular complexity index is 305. The Hall–Kier alpha value is -0.300. The SMILES string of the molecule is C[NH+]1C=CN(CCCCS(=O)(=O)O)C1.[Cl-]. The summed E-state index contributed by atoms with van der Waals surface area (Å²) in [5, 5.41) is 0. The van der Waals surface area contributed by atoms with Gasteiger partial charge in [0.05, 0.1) is 19.0 Å². The standard InChI is InChI=1S/C8H16N2O3S.ClH/c1-9-5-6-10(8-9)4-2-3-7-14(11,12)13;/h5-6H,2-4,7-8H2,1H3,(H,11,12,13);1H. The summed E-state index contributed by atoms with van der Waals surface area (Å²) >= 11 is 0. The van der Waals surface area contributed by atoms with Crippen LogP contribution in [0, 0.1) is 0 Å². The Kier molecular flexibility index (Phi) is 6.19. The largest absolute Gasteiger partial charge is 1.00 e. The molecule has 1 aliphatic rings. The van der Waals surface area contributed by atoms with Crippen molar-refractivity contribution in [3.63, 3.8) is 0 Å². The van der Waals surface area contributed by atoms with Crippen LogP contribution in [-0.2, 0) is 10.1 Å². The molecule has 0 aromatic rings. The number of nitrogens with one attached hydrogen (secondary N) is 1. The van der Waals surface area contributed by atoms with Crippen molar-refractivity contribution in [2.45, 2.75) is 12.8 Å². The number of nitrogens with zero attached hydrogens (tertiary/aromatic N) is 1. The van der Waals surface area contributed by atoms with Gasteiger partial charge in [0.2, 0.25) is 0 Å². The Morgan fingerprint density at radius 3 is 2.60 bits per heavy atom. The summed E-state index contributed by atoms with van der Waals surface area (Å²) in [4.78, 5) is 3.46. The fourth-order valence-electron chi connectivity index (χ4n) is 1.41. The van der Waals surface area contributed by atoms with E-state index >= 15 is 0 Å². The van der Waals surface area contributed by atoms with Gasteiger partial charge in [-0.25, -0.2) is 0 Å². The first-order chi connectivity index (χ1) is 6.47. The minimum atomic E-state index is -3.77. The third-order valence-corrected chi connectivity index (χ3v) is 2.92. The molecule has 1 heterocycles. The van der Waals surface area contributed by atoms with Crippen LogP contribution in [-0.4, -0.2) is 43.9 Å². The highest BCUT2D eigenvalue weighted by Gasteiger charge is 2.12. The Morgan fingerprint density at radius 1 is 1.47 bits per heavy atom. The Labute approximate surface area is 96.9 Å². The fraction of sp³-hybridized carbons (Fsp3) is 0.750. The molecule has 0 saturated heterocycles. The molecule has 0 spiro atoms. The van der Waals surface area contributed by atoms with Gasteiger partial charge < -0.3 is 17.3 Å². The second-order valence-electron chi connectivity index (χ2n) is 3.63. The molecule has 0 saturated carbocycles. The highest BCUT2D eigenvalue weighted by Crippen LogP contribution is 1.98. The summed E-state index contributed by atoms with van der Waals surface area (Å²) in [7, 11) is -1.71. The van der Waals surface area contributed by atoms with Crippen molar-refractivity contribution in [2.75, 3.05) is 26.0 Å². The third-order valence-electron chi connectivity index (χ3n) is 2.12. The van der Waals surface area contributed by atoms with Crippen LogP contribution in [0.4, 0.5) is 0 Å². The van der Waals surface area contributed by atoms with Gasteiger partial charge in [-0.15, -0.1) is 0 Å². The second-order valence-corrected chi connectivity index (χ2v) is 5.20. The summed E-state index contributed by atoms with van der Waals surface area (Å²) in [6.07, 6.45) is 5.38. The minimum Gasteiger partial charge on any atom is -1.00 e. The number of halogens is 1. The molecule has 7 heteroatoms. The topological polar surface area (TPSA) is 62.0 Å². The number of hydrogen-bond donors (Lipinski definition) is 2. The molecule has 1 rings (SSSR count). The van der Waals surface area contributed by atoms with Crippen molar-refractivity contribution in [1.29, 1.82) is 0 Å². The van der Waals surface area contributed by atoms with Crippen LogP contribution in [0.15, 0.2) is 12.4 Å². The van der Waals surface area contributed by atoms with Crippen LogP contribution in [0.25, 0.3) is 0 Å². The molecule has 0 amide bonds. The van der Waals surface area contributed by atoms with E-state index in [4.69, 9.17) is 4.55 Å². The molecule has 15 heavy (non-hydrogen) atoms. The predicted octanol–water partition coefficient (Wildman–Crippen LogP) is -4.08. The van der Waals surface area contributed by atoms with Gasteiger partial charge in [0.15, 0.2) is 6.67 Å². The quantitative estimate of drug-likeness (QED) is 0.388. The number of quaternary nitrogens is 1. The van der Waals surface area contributed by atoms with Crippen molar-refractivity contribution in [2.24, 2.45) is 0 Å². The van der Waals surface area contributed by atoms with Gasteiger partial charge in [0, 0.05) is 6.54 Å². The maximum Gasteiger partial charge on any atom is 0.264 e. The minimum absolute atomic E-state index is 0. The molecule has 0 aliphatic carbocycles. The molecule has 2 N–H and O–H groups in total. The zero-order valence-corrected chi connectivity index (χ0v) is 10.3. The van der Waals surface area contributed by atoms with Crippen molar-refractivity contribution < 1.29 is 30.3 Å². The van der Waals surface area contributed by atoms with Gasteiger partial charge in [-0.1, -0.05) is 0 Å². The molecule has 90 valence electrons.